The molecule has 2 aromatic rings. The van der Waals surface area contributed by atoms with Crippen molar-refractivity contribution >= 4 is 11.7 Å². The Balaban J connectivity index is 1.84. The second kappa shape index (κ2) is 8.78. The van der Waals surface area contributed by atoms with Crippen LogP contribution in [0.4, 0.5) is 5.82 Å². The Labute approximate surface area is 167 Å². The third kappa shape index (κ3) is 4.55. The first kappa shape index (κ1) is 20.4. The van der Waals surface area contributed by atoms with Crippen LogP contribution < -0.4 is 11.1 Å². The van der Waals surface area contributed by atoms with E-state index in [1.165, 1.54) is 6.42 Å². The number of rotatable bonds is 6. The third-order valence-electron chi connectivity index (χ3n) is 5.87. The summed E-state index contributed by atoms with van der Waals surface area (Å²) >= 11 is 0. The van der Waals surface area contributed by atoms with Crippen LogP contribution in [0.15, 0.2) is 30.3 Å². The predicted octanol–water partition coefficient (Wildman–Crippen LogP) is 3.86. The number of carbonyl (C=O) groups excluding carboxylic acids is 1. The lowest BCUT2D eigenvalue weighted by atomic mass is 9.70. The van der Waals surface area contributed by atoms with E-state index in [-0.39, 0.29) is 17.6 Å². The standard InChI is InChI=1S/C22H32N4O2/c1-14(2)18-8-7-15(3)11-19(18)22(28)24-21-13-20(25-26(21)10-9-23)16-5-4-6-17(27)12-16/h4-6,12-15,18-19,27H,7-11,23H2,1-3H3,(H,24,28)/t15-,18+,19-/m1/s1. The van der Waals surface area contributed by atoms with E-state index < -0.39 is 0 Å². The van der Waals surface area contributed by atoms with Crippen LogP contribution in [0.3, 0.4) is 0 Å². The number of nitrogens with one attached hydrogen (secondary N) is 1. The maximum absolute atomic E-state index is 13.2. The summed E-state index contributed by atoms with van der Waals surface area (Å²) in [6.07, 6.45) is 3.23. The van der Waals surface area contributed by atoms with Gasteiger partial charge in [0.15, 0.2) is 0 Å². The fourth-order valence-corrected chi connectivity index (χ4v) is 4.34. The minimum atomic E-state index is 0.0224. The molecule has 1 amide bonds. The van der Waals surface area contributed by atoms with E-state index in [9.17, 15) is 9.90 Å². The van der Waals surface area contributed by atoms with Gasteiger partial charge in [-0.3, -0.25) is 4.79 Å². The van der Waals surface area contributed by atoms with Crippen molar-refractivity contribution in [3.63, 3.8) is 0 Å². The molecule has 1 aliphatic carbocycles. The lowest BCUT2D eigenvalue weighted by molar-refractivity contribution is -0.124. The molecule has 0 saturated heterocycles. The van der Waals surface area contributed by atoms with E-state index in [0.717, 1.165) is 18.4 Å². The van der Waals surface area contributed by atoms with Crippen LogP contribution in [0.25, 0.3) is 11.3 Å². The number of phenolic OH excluding ortho intramolecular Hbond substituents is 1. The summed E-state index contributed by atoms with van der Waals surface area (Å²) < 4.78 is 1.74. The van der Waals surface area contributed by atoms with Crippen molar-refractivity contribution in [3.05, 3.63) is 30.3 Å². The van der Waals surface area contributed by atoms with E-state index in [2.05, 4.69) is 31.2 Å². The summed E-state index contributed by atoms with van der Waals surface area (Å²) in [6, 6.07) is 8.82. The lowest BCUT2D eigenvalue weighted by Crippen LogP contribution is -2.37. The topological polar surface area (TPSA) is 93.2 Å². The van der Waals surface area contributed by atoms with Crippen molar-refractivity contribution in [1.82, 2.24) is 9.78 Å². The van der Waals surface area contributed by atoms with Crippen molar-refractivity contribution in [2.24, 2.45) is 29.4 Å². The lowest BCUT2D eigenvalue weighted by Gasteiger charge is -2.36. The molecule has 6 heteroatoms. The van der Waals surface area contributed by atoms with E-state index in [1.807, 2.05) is 12.1 Å². The molecule has 1 aliphatic rings. The largest absolute Gasteiger partial charge is 0.508 e. The Hall–Kier alpha value is -2.34. The number of carbonyl (C=O) groups is 1. The van der Waals surface area contributed by atoms with Gasteiger partial charge in [0.05, 0.1) is 12.2 Å². The zero-order chi connectivity index (χ0) is 20.3. The van der Waals surface area contributed by atoms with Gasteiger partial charge in [0, 0.05) is 24.1 Å². The molecule has 1 aromatic carbocycles. The first-order valence-electron chi connectivity index (χ1n) is 10.3. The van der Waals surface area contributed by atoms with Crippen molar-refractivity contribution in [2.75, 3.05) is 11.9 Å². The predicted molar refractivity (Wildman–Crippen MR) is 112 cm³/mol. The smallest absolute Gasteiger partial charge is 0.228 e. The molecule has 152 valence electrons. The number of hydrogen-bond acceptors (Lipinski definition) is 4. The second-order valence-electron chi connectivity index (χ2n) is 8.40. The van der Waals surface area contributed by atoms with Gasteiger partial charge in [-0.25, -0.2) is 4.68 Å². The summed E-state index contributed by atoms with van der Waals surface area (Å²) in [5.41, 5.74) is 7.25. The quantitative estimate of drug-likeness (QED) is 0.705. The molecular formula is C22H32N4O2. The monoisotopic (exact) mass is 384 g/mol. The molecule has 3 rings (SSSR count). The molecule has 0 radical (unpaired) electrons. The highest BCUT2D eigenvalue weighted by molar-refractivity contribution is 5.92. The maximum atomic E-state index is 13.2. The van der Waals surface area contributed by atoms with Gasteiger partial charge < -0.3 is 16.2 Å². The summed E-state index contributed by atoms with van der Waals surface area (Å²) in [5.74, 6) is 2.41. The number of aromatic hydroxyl groups is 1. The molecular weight excluding hydrogens is 352 g/mol. The number of nitrogens with zero attached hydrogens (tertiary/aromatic N) is 2. The van der Waals surface area contributed by atoms with Gasteiger partial charge in [0.1, 0.15) is 11.6 Å². The molecule has 28 heavy (non-hydrogen) atoms. The normalized spacial score (nSPS) is 22.4. The zero-order valence-corrected chi connectivity index (χ0v) is 17.1. The van der Waals surface area contributed by atoms with Crippen LogP contribution in [0.2, 0.25) is 0 Å². The molecule has 1 saturated carbocycles. The summed E-state index contributed by atoms with van der Waals surface area (Å²) in [6.45, 7) is 7.59. The van der Waals surface area contributed by atoms with Crippen LogP contribution >= 0.6 is 0 Å². The molecule has 3 atom stereocenters. The third-order valence-corrected chi connectivity index (χ3v) is 5.87. The Morgan fingerprint density at radius 3 is 2.82 bits per heavy atom. The molecule has 1 heterocycles. The van der Waals surface area contributed by atoms with Crippen LogP contribution in [0.5, 0.6) is 5.75 Å². The van der Waals surface area contributed by atoms with Crippen molar-refractivity contribution < 1.29 is 9.90 Å². The highest BCUT2D eigenvalue weighted by atomic mass is 16.3. The van der Waals surface area contributed by atoms with Crippen molar-refractivity contribution in [2.45, 2.75) is 46.6 Å². The number of phenols is 1. The highest BCUT2D eigenvalue weighted by Crippen LogP contribution is 2.38. The number of nitrogens with two attached hydrogens (primary N) is 1. The van der Waals surface area contributed by atoms with Crippen LogP contribution in [0.1, 0.15) is 40.0 Å². The number of anilines is 1. The van der Waals surface area contributed by atoms with Gasteiger partial charge in [-0.05, 0) is 42.7 Å². The molecule has 0 aliphatic heterocycles. The summed E-state index contributed by atoms with van der Waals surface area (Å²) in [7, 11) is 0. The molecule has 4 N–H and O–H groups in total. The Kier molecular flexibility index (Phi) is 6.39. The van der Waals surface area contributed by atoms with Crippen molar-refractivity contribution in [1.29, 1.82) is 0 Å². The Morgan fingerprint density at radius 2 is 2.14 bits per heavy atom. The summed E-state index contributed by atoms with van der Waals surface area (Å²) in [4.78, 5) is 13.2. The molecule has 6 nitrogen and oxygen atoms in total. The van der Waals surface area contributed by atoms with Gasteiger partial charge in [0.2, 0.25) is 5.91 Å². The minimum absolute atomic E-state index is 0.0224. The molecule has 1 aromatic heterocycles. The fraction of sp³-hybridized carbons (Fsp3) is 0.545. The highest BCUT2D eigenvalue weighted by Gasteiger charge is 2.35. The van der Waals surface area contributed by atoms with Crippen LogP contribution in [-0.2, 0) is 11.3 Å². The van der Waals surface area contributed by atoms with Gasteiger partial charge in [0.25, 0.3) is 0 Å². The number of benzene rings is 1. The van der Waals surface area contributed by atoms with Crippen LogP contribution in [0, 0.1) is 23.7 Å². The number of hydrogen-bond donors (Lipinski definition) is 3. The Morgan fingerprint density at radius 1 is 1.36 bits per heavy atom. The van der Waals surface area contributed by atoms with E-state index in [4.69, 9.17) is 5.73 Å². The minimum Gasteiger partial charge on any atom is -0.508 e. The van der Waals surface area contributed by atoms with Crippen LogP contribution in [-0.4, -0.2) is 27.3 Å². The first-order chi connectivity index (χ1) is 13.4. The van der Waals surface area contributed by atoms with Gasteiger partial charge in [-0.2, -0.15) is 5.10 Å². The average Bonchev–Trinajstić information content (AvgIpc) is 3.04. The van der Waals surface area contributed by atoms with Gasteiger partial charge in [-0.1, -0.05) is 39.3 Å². The first-order valence-corrected chi connectivity index (χ1v) is 10.3. The van der Waals surface area contributed by atoms with E-state index >= 15 is 0 Å². The Bertz CT molecular complexity index is 815. The molecule has 0 unspecified atom stereocenters. The van der Waals surface area contributed by atoms with Gasteiger partial charge >= 0.3 is 0 Å². The number of aromatic nitrogens is 2. The molecule has 0 bridgehead atoms. The SMILES string of the molecule is CC(C)[C@@H]1CC[C@@H](C)C[C@H]1C(=O)Nc1cc(-c2cccc(O)c2)nn1CCN. The fourth-order valence-electron chi connectivity index (χ4n) is 4.34. The number of amides is 1. The molecule has 1 fully saturated rings. The zero-order valence-electron chi connectivity index (χ0n) is 17.1. The van der Waals surface area contributed by atoms with Gasteiger partial charge in [-0.15, -0.1) is 0 Å². The van der Waals surface area contributed by atoms with Crippen molar-refractivity contribution in [3.8, 4) is 17.0 Å². The summed E-state index contributed by atoms with van der Waals surface area (Å²) in [5, 5.41) is 17.5. The van der Waals surface area contributed by atoms with E-state index in [1.54, 1.807) is 22.9 Å². The second-order valence-corrected chi connectivity index (χ2v) is 8.40. The average molecular weight is 385 g/mol. The maximum Gasteiger partial charge on any atom is 0.228 e. The molecule has 0 spiro atoms. The van der Waals surface area contributed by atoms with E-state index in [0.29, 0.717) is 42.4 Å².